The van der Waals surface area contributed by atoms with Gasteiger partial charge in [-0.2, -0.15) is 0 Å². The molecular weight excluding hydrogens is 448 g/mol. The van der Waals surface area contributed by atoms with Gasteiger partial charge in [0.15, 0.2) is 0 Å². The van der Waals surface area contributed by atoms with Crippen LogP contribution in [0.1, 0.15) is 17.0 Å². The van der Waals surface area contributed by atoms with Crippen LogP contribution in [0.15, 0.2) is 64.5 Å². The Morgan fingerprint density at radius 3 is 2.55 bits per heavy atom. The number of hydrogen-bond donors (Lipinski definition) is 0. The average Bonchev–Trinajstić information content (AvgIpc) is 3.13. The van der Waals surface area contributed by atoms with Gasteiger partial charge < -0.3 is 4.57 Å². The monoisotopic (exact) mass is 466 g/mol. The summed E-state index contributed by atoms with van der Waals surface area (Å²) in [6.07, 6.45) is 3.37. The standard InChI is InChI=1S/C23H19BrN2O2S/c1-4-11-25-22(27)21(29-23(25)28)13-16-12-14(2)26(15(16)3)20-10-9-19(24)17-7-5-6-8-18(17)20/h4-10,12-13H,1,11H2,2-3H3/b21-13-. The van der Waals surface area contributed by atoms with Crippen LogP contribution in [-0.2, 0) is 4.79 Å². The van der Waals surface area contributed by atoms with Crippen molar-refractivity contribution in [2.24, 2.45) is 0 Å². The zero-order valence-electron chi connectivity index (χ0n) is 16.1. The third kappa shape index (κ3) is 3.36. The predicted molar refractivity (Wildman–Crippen MR) is 123 cm³/mol. The molecule has 0 bridgehead atoms. The Balaban J connectivity index is 1.82. The number of nitrogens with zero attached hydrogens (tertiary/aromatic N) is 2. The van der Waals surface area contributed by atoms with Crippen LogP contribution in [0.3, 0.4) is 0 Å². The second kappa shape index (κ2) is 7.69. The molecule has 0 atom stereocenters. The fourth-order valence-electron chi connectivity index (χ4n) is 3.67. The van der Waals surface area contributed by atoms with Gasteiger partial charge in [0.1, 0.15) is 0 Å². The molecule has 0 spiro atoms. The maximum absolute atomic E-state index is 12.6. The number of carbonyl (C=O) groups is 2. The van der Waals surface area contributed by atoms with E-state index in [2.05, 4.69) is 51.3 Å². The van der Waals surface area contributed by atoms with Crippen LogP contribution >= 0.6 is 27.7 Å². The summed E-state index contributed by atoms with van der Waals surface area (Å²) in [5.74, 6) is -0.265. The molecule has 29 heavy (non-hydrogen) atoms. The molecule has 146 valence electrons. The van der Waals surface area contributed by atoms with Gasteiger partial charge in [0.2, 0.25) is 0 Å². The van der Waals surface area contributed by atoms with Gasteiger partial charge >= 0.3 is 0 Å². The largest absolute Gasteiger partial charge is 0.317 e. The Kier molecular flexibility index (Phi) is 5.23. The molecule has 0 aliphatic carbocycles. The summed E-state index contributed by atoms with van der Waals surface area (Å²) < 4.78 is 3.24. The molecule has 0 saturated carbocycles. The highest BCUT2D eigenvalue weighted by molar-refractivity contribution is 9.10. The van der Waals surface area contributed by atoms with Gasteiger partial charge in [-0.05, 0) is 60.8 Å². The van der Waals surface area contributed by atoms with Gasteiger partial charge in [0, 0.05) is 27.8 Å². The smallest absolute Gasteiger partial charge is 0.293 e. The summed E-state index contributed by atoms with van der Waals surface area (Å²) in [7, 11) is 0. The van der Waals surface area contributed by atoms with Crippen LogP contribution in [0.2, 0.25) is 0 Å². The highest BCUT2D eigenvalue weighted by Crippen LogP contribution is 2.35. The minimum absolute atomic E-state index is 0.228. The SMILES string of the molecule is C=CCN1C(=O)S/C(=C\c2cc(C)n(-c3ccc(Br)c4ccccc34)c2C)C1=O. The minimum Gasteiger partial charge on any atom is -0.317 e. The molecule has 3 aromatic rings. The number of aryl methyl sites for hydroxylation is 1. The Morgan fingerprint density at radius 1 is 1.10 bits per heavy atom. The maximum atomic E-state index is 12.6. The molecular formula is C23H19BrN2O2S. The molecule has 2 amide bonds. The van der Waals surface area contributed by atoms with Gasteiger partial charge in [0.05, 0.1) is 10.6 Å². The molecule has 0 unspecified atom stereocenters. The first kappa shape index (κ1) is 19.7. The number of halogens is 1. The maximum Gasteiger partial charge on any atom is 0.293 e. The van der Waals surface area contributed by atoms with E-state index in [-0.39, 0.29) is 17.7 Å². The number of carbonyl (C=O) groups excluding carboxylic acids is 2. The van der Waals surface area contributed by atoms with Crippen molar-refractivity contribution in [3.8, 4) is 5.69 Å². The van der Waals surface area contributed by atoms with Crippen molar-refractivity contribution in [1.82, 2.24) is 9.47 Å². The summed E-state index contributed by atoms with van der Waals surface area (Å²) in [6.45, 7) is 7.92. The fourth-order valence-corrected chi connectivity index (χ4v) is 4.99. The zero-order valence-corrected chi connectivity index (χ0v) is 18.5. The van der Waals surface area contributed by atoms with Crippen LogP contribution in [-0.4, -0.2) is 27.2 Å². The summed E-state index contributed by atoms with van der Waals surface area (Å²) >= 11 is 4.61. The second-order valence-corrected chi connectivity index (χ2v) is 8.70. The van der Waals surface area contributed by atoms with Crippen molar-refractivity contribution in [3.63, 3.8) is 0 Å². The van der Waals surface area contributed by atoms with Gasteiger partial charge in [-0.3, -0.25) is 14.5 Å². The van der Waals surface area contributed by atoms with E-state index in [4.69, 9.17) is 0 Å². The summed E-state index contributed by atoms with van der Waals surface area (Å²) in [4.78, 5) is 26.3. The van der Waals surface area contributed by atoms with E-state index >= 15 is 0 Å². The van der Waals surface area contributed by atoms with Crippen LogP contribution < -0.4 is 0 Å². The van der Waals surface area contributed by atoms with Crippen molar-refractivity contribution in [3.05, 3.63) is 81.4 Å². The zero-order chi connectivity index (χ0) is 20.7. The molecule has 0 radical (unpaired) electrons. The van der Waals surface area contributed by atoms with Gasteiger partial charge in [0.25, 0.3) is 11.1 Å². The van der Waals surface area contributed by atoms with Crippen LogP contribution in [0.25, 0.3) is 22.5 Å². The molecule has 1 aromatic heterocycles. The summed E-state index contributed by atoms with van der Waals surface area (Å²) in [5.41, 5.74) is 4.09. The summed E-state index contributed by atoms with van der Waals surface area (Å²) in [5, 5.41) is 2.03. The van der Waals surface area contributed by atoms with Crippen molar-refractivity contribution < 1.29 is 9.59 Å². The molecule has 1 saturated heterocycles. The molecule has 2 aromatic carbocycles. The number of imide groups is 1. The first-order chi connectivity index (χ1) is 13.9. The van der Waals surface area contributed by atoms with E-state index in [1.165, 1.54) is 4.90 Å². The number of amides is 2. The second-order valence-electron chi connectivity index (χ2n) is 6.85. The number of fused-ring (bicyclic) bond motifs is 1. The quantitative estimate of drug-likeness (QED) is 0.337. The first-order valence-corrected chi connectivity index (χ1v) is 10.8. The first-order valence-electron chi connectivity index (χ1n) is 9.15. The Morgan fingerprint density at radius 2 is 1.83 bits per heavy atom. The Labute approximate surface area is 182 Å². The van der Waals surface area contributed by atoms with Crippen molar-refractivity contribution in [2.45, 2.75) is 13.8 Å². The van der Waals surface area contributed by atoms with Crippen molar-refractivity contribution >= 4 is 55.7 Å². The van der Waals surface area contributed by atoms with E-state index < -0.39 is 0 Å². The molecule has 1 aliphatic rings. The molecule has 6 heteroatoms. The molecule has 2 heterocycles. The lowest BCUT2D eigenvalue weighted by atomic mass is 10.1. The summed E-state index contributed by atoms with van der Waals surface area (Å²) in [6, 6.07) is 14.4. The number of aromatic nitrogens is 1. The van der Waals surface area contributed by atoms with Crippen LogP contribution in [0.5, 0.6) is 0 Å². The third-order valence-corrected chi connectivity index (χ3v) is 6.63. The lowest BCUT2D eigenvalue weighted by Gasteiger charge is -2.14. The predicted octanol–water partition coefficient (Wildman–Crippen LogP) is 6.23. The molecule has 0 N–H and O–H groups in total. The van der Waals surface area contributed by atoms with Gasteiger partial charge in [-0.1, -0.05) is 46.3 Å². The van der Waals surface area contributed by atoms with Crippen LogP contribution in [0, 0.1) is 13.8 Å². The van der Waals surface area contributed by atoms with Crippen molar-refractivity contribution in [1.29, 1.82) is 0 Å². The molecule has 4 nitrogen and oxygen atoms in total. The number of rotatable bonds is 4. The number of hydrogen-bond acceptors (Lipinski definition) is 3. The highest BCUT2D eigenvalue weighted by atomic mass is 79.9. The lowest BCUT2D eigenvalue weighted by Crippen LogP contribution is -2.27. The highest BCUT2D eigenvalue weighted by Gasteiger charge is 2.34. The normalized spacial score (nSPS) is 15.7. The van der Waals surface area contributed by atoms with Gasteiger partial charge in [-0.25, -0.2) is 0 Å². The number of thioether (sulfide) groups is 1. The van der Waals surface area contributed by atoms with E-state index in [0.717, 1.165) is 49.6 Å². The Hall–Kier alpha value is -2.57. The Bertz CT molecular complexity index is 1210. The van der Waals surface area contributed by atoms with Crippen LogP contribution in [0.4, 0.5) is 4.79 Å². The van der Waals surface area contributed by atoms with E-state index in [1.807, 2.05) is 38.1 Å². The molecule has 1 aliphatic heterocycles. The molecule has 4 rings (SSSR count). The van der Waals surface area contributed by atoms with E-state index in [0.29, 0.717) is 4.91 Å². The minimum atomic E-state index is -0.265. The molecule has 1 fully saturated rings. The van der Waals surface area contributed by atoms with E-state index in [9.17, 15) is 9.59 Å². The van der Waals surface area contributed by atoms with Crippen molar-refractivity contribution in [2.75, 3.05) is 6.54 Å². The van der Waals surface area contributed by atoms with E-state index in [1.54, 1.807) is 6.08 Å². The fraction of sp³-hybridized carbons (Fsp3) is 0.130. The average molecular weight is 467 g/mol. The van der Waals surface area contributed by atoms with Gasteiger partial charge in [-0.15, -0.1) is 6.58 Å². The lowest BCUT2D eigenvalue weighted by molar-refractivity contribution is -0.122. The topological polar surface area (TPSA) is 42.3 Å². The number of benzene rings is 2. The third-order valence-electron chi connectivity index (χ3n) is 5.03.